The van der Waals surface area contributed by atoms with Crippen LogP contribution in [0, 0.1) is 0 Å². The van der Waals surface area contributed by atoms with Gasteiger partial charge in [0.15, 0.2) is 0 Å². The van der Waals surface area contributed by atoms with Crippen molar-refractivity contribution in [2.24, 2.45) is 5.14 Å². The molecule has 0 atom stereocenters. The van der Waals surface area contributed by atoms with Crippen LogP contribution in [0.4, 0.5) is 16.2 Å². The van der Waals surface area contributed by atoms with E-state index in [2.05, 4.69) is 10.6 Å². The molecule has 0 unspecified atom stereocenters. The minimum atomic E-state index is -3.67. The van der Waals surface area contributed by atoms with Crippen LogP contribution in [-0.4, -0.2) is 26.4 Å². The highest BCUT2D eigenvalue weighted by Gasteiger charge is 2.19. The lowest BCUT2D eigenvalue weighted by molar-refractivity contribution is 0.218. The van der Waals surface area contributed by atoms with E-state index in [-0.39, 0.29) is 10.9 Å². The van der Waals surface area contributed by atoms with Gasteiger partial charge in [-0.25, -0.2) is 18.4 Å². The molecule has 0 saturated heterocycles. The molecular formula is C16H18N4O3S. The van der Waals surface area contributed by atoms with Crippen LogP contribution in [-0.2, 0) is 23.1 Å². The monoisotopic (exact) mass is 346 g/mol. The molecule has 7 nitrogen and oxygen atoms in total. The van der Waals surface area contributed by atoms with Crippen LogP contribution < -0.4 is 15.8 Å². The standard InChI is InChI=1S/C16H18N4O3S/c1-20-10-12-8-13(4-7-15(12)19-16(20)21)18-9-11-2-5-14(6-3-11)24(17,22)23/h2-8,18H,9-10H2,1H3,(H,19,21)(H2,17,22,23). The van der Waals surface area contributed by atoms with E-state index >= 15 is 0 Å². The van der Waals surface area contributed by atoms with Gasteiger partial charge in [0.25, 0.3) is 0 Å². The maximum Gasteiger partial charge on any atom is 0.321 e. The zero-order valence-electron chi connectivity index (χ0n) is 13.1. The first kappa shape index (κ1) is 16.3. The predicted molar refractivity (Wildman–Crippen MR) is 92.1 cm³/mol. The molecule has 0 fully saturated rings. The van der Waals surface area contributed by atoms with Gasteiger partial charge in [0.2, 0.25) is 10.0 Å². The molecule has 2 amide bonds. The summed E-state index contributed by atoms with van der Waals surface area (Å²) in [7, 11) is -1.92. The molecule has 8 heteroatoms. The summed E-state index contributed by atoms with van der Waals surface area (Å²) < 4.78 is 22.5. The largest absolute Gasteiger partial charge is 0.381 e. The van der Waals surface area contributed by atoms with E-state index in [1.807, 2.05) is 18.2 Å². The quantitative estimate of drug-likeness (QED) is 0.786. The normalized spacial score (nSPS) is 14.1. The van der Waals surface area contributed by atoms with Crippen molar-refractivity contribution >= 4 is 27.4 Å². The Morgan fingerprint density at radius 1 is 1.21 bits per heavy atom. The highest BCUT2D eigenvalue weighted by molar-refractivity contribution is 7.89. The molecule has 1 aliphatic heterocycles. The number of anilines is 2. The molecule has 0 radical (unpaired) electrons. The van der Waals surface area contributed by atoms with Crippen LogP contribution in [0.25, 0.3) is 0 Å². The van der Waals surface area contributed by atoms with Gasteiger partial charge < -0.3 is 15.5 Å². The zero-order chi connectivity index (χ0) is 17.3. The lowest BCUT2D eigenvalue weighted by Crippen LogP contribution is -2.35. The number of carbonyl (C=O) groups excluding carboxylic acids is 1. The highest BCUT2D eigenvalue weighted by Crippen LogP contribution is 2.26. The Balaban J connectivity index is 1.69. The fraction of sp³-hybridized carbons (Fsp3) is 0.188. The van der Waals surface area contributed by atoms with Gasteiger partial charge in [0.1, 0.15) is 0 Å². The third-order valence-electron chi connectivity index (χ3n) is 3.85. The number of sulfonamides is 1. The number of hydrogen-bond donors (Lipinski definition) is 3. The Kier molecular flexibility index (Phi) is 4.16. The van der Waals surface area contributed by atoms with Crippen LogP contribution in [0.2, 0.25) is 0 Å². The third kappa shape index (κ3) is 3.50. The summed E-state index contributed by atoms with van der Waals surface area (Å²) in [5, 5.41) is 11.2. The van der Waals surface area contributed by atoms with Crippen molar-refractivity contribution < 1.29 is 13.2 Å². The summed E-state index contributed by atoms with van der Waals surface area (Å²) >= 11 is 0. The van der Waals surface area contributed by atoms with Crippen LogP contribution >= 0.6 is 0 Å². The number of fused-ring (bicyclic) bond motifs is 1. The number of benzene rings is 2. The molecule has 4 N–H and O–H groups in total. The summed E-state index contributed by atoms with van der Waals surface area (Å²) in [5.74, 6) is 0. The van der Waals surface area contributed by atoms with Gasteiger partial charge in [-0.15, -0.1) is 0 Å². The van der Waals surface area contributed by atoms with Gasteiger partial charge in [-0.05, 0) is 41.5 Å². The zero-order valence-corrected chi connectivity index (χ0v) is 13.9. The van der Waals surface area contributed by atoms with Gasteiger partial charge in [-0.1, -0.05) is 12.1 Å². The summed E-state index contributed by atoms with van der Waals surface area (Å²) in [6.07, 6.45) is 0. The third-order valence-corrected chi connectivity index (χ3v) is 4.78. The van der Waals surface area contributed by atoms with E-state index in [1.165, 1.54) is 12.1 Å². The van der Waals surface area contributed by atoms with E-state index < -0.39 is 10.0 Å². The molecule has 0 bridgehead atoms. The molecule has 2 aromatic rings. The highest BCUT2D eigenvalue weighted by atomic mass is 32.2. The Bertz CT molecular complexity index is 879. The molecule has 0 aliphatic carbocycles. The first-order valence-electron chi connectivity index (χ1n) is 7.33. The number of primary sulfonamides is 1. The van der Waals surface area contributed by atoms with Crippen LogP contribution in [0.3, 0.4) is 0 Å². The molecule has 24 heavy (non-hydrogen) atoms. The SMILES string of the molecule is CN1Cc2cc(NCc3ccc(S(N)(=O)=O)cc3)ccc2NC1=O. The molecule has 2 aromatic carbocycles. The molecule has 0 spiro atoms. The second kappa shape index (κ2) is 6.14. The fourth-order valence-corrected chi connectivity index (χ4v) is 3.01. The lowest BCUT2D eigenvalue weighted by Gasteiger charge is -2.26. The van der Waals surface area contributed by atoms with Gasteiger partial charge in [0, 0.05) is 31.5 Å². The Hall–Kier alpha value is -2.58. The Labute approximate surface area is 140 Å². The minimum absolute atomic E-state index is 0.0961. The van der Waals surface area contributed by atoms with Gasteiger partial charge >= 0.3 is 6.03 Å². The molecule has 1 heterocycles. The number of urea groups is 1. The van der Waals surface area contributed by atoms with E-state index in [1.54, 1.807) is 24.1 Å². The van der Waals surface area contributed by atoms with Gasteiger partial charge in [-0.2, -0.15) is 0 Å². The van der Waals surface area contributed by atoms with Gasteiger partial charge in [-0.3, -0.25) is 0 Å². The van der Waals surface area contributed by atoms with E-state index in [4.69, 9.17) is 5.14 Å². The first-order valence-corrected chi connectivity index (χ1v) is 8.88. The van der Waals surface area contributed by atoms with Crippen molar-refractivity contribution in [3.63, 3.8) is 0 Å². The maximum atomic E-state index is 11.6. The number of carbonyl (C=O) groups is 1. The fourth-order valence-electron chi connectivity index (χ4n) is 2.50. The maximum absolute atomic E-state index is 11.6. The second-order valence-electron chi connectivity index (χ2n) is 5.70. The second-order valence-corrected chi connectivity index (χ2v) is 7.26. The average Bonchev–Trinajstić information content (AvgIpc) is 2.53. The molecule has 0 saturated carbocycles. The summed E-state index contributed by atoms with van der Waals surface area (Å²) in [5.41, 5.74) is 3.71. The van der Waals surface area contributed by atoms with Crippen molar-refractivity contribution in [1.29, 1.82) is 0 Å². The Morgan fingerprint density at radius 3 is 2.58 bits per heavy atom. The molecular weight excluding hydrogens is 328 g/mol. The summed E-state index contributed by atoms with van der Waals surface area (Å²) in [6, 6.07) is 12.1. The van der Waals surface area contributed by atoms with Crippen molar-refractivity contribution in [1.82, 2.24) is 4.90 Å². The molecule has 0 aromatic heterocycles. The summed E-state index contributed by atoms with van der Waals surface area (Å²) in [4.78, 5) is 13.3. The number of nitrogens with one attached hydrogen (secondary N) is 2. The molecule has 3 rings (SSSR count). The van der Waals surface area contributed by atoms with Gasteiger partial charge in [0.05, 0.1) is 4.90 Å². The molecule has 1 aliphatic rings. The first-order chi connectivity index (χ1) is 11.3. The smallest absolute Gasteiger partial charge is 0.321 e. The van der Waals surface area contributed by atoms with Crippen LogP contribution in [0.5, 0.6) is 0 Å². The minimum Gasteiger partial charge on any atom is -0.381 e. The number of hydrogen-bond acceptors (Lipinski definition) is 4. The van der Waals surface area contributed by atoms with E-state index in [9.17, 15) is 13.2 Å². The predicted octanol–water partition coefficient (Wildman–Crippen LogP) is 1.92. The van der Waals surface area contributed by atoms with E-state index in [0.717, 1.165) is 22.5 Å². The van der Waals surface area contributed by atoms with Crippen molar-refractivity contribution in [2.75, 3.05) is 17.7 Å². The van der Waals surface area contributed by atoms with Crippen LogP contribution in [0.1, 0.15) is 11.1 Å². The molecule has 126 valence electrons. The van der Waals surface area contributed by atoms with Crippen molar-refractivity contribution in [3.05, 3.63) is 53.6 Å². The number of nitrogens with two attached hydrogens (primary N) is 1. The van der Waals surface area contributed by atoms with E-state index in [0.29, 0.717) is 13.1 Å². The topological polar surface area (TPSA) is 105 Å². The summed E-state index contributed by atoms with van der Waals surface area (Å²) in [6.45, 7) is 1.10. The van der Waals surface area contributed by atoms with Crippen molar-refractivity contribution in [3.8, 4) is 0 Å². The number of amides is 2. The van der Waals surface area contributed by atoms with Crippen LogP contribution in [0.15, 0.2) is 47.4 Å². The number of nitrogens with zero attached hydrogens (tertiary/aromatic N) is 1. The Morgan fingerprint density at radius 2 is 1.92 bits per heavy atom. The van der Waals surface area contributed by atoms with Crippen molar-refractivity contribution in [2.45, 2.75) is 18.0 Å². The average molecular weight is 346 g/mol. The lowest BCUT2D eigenvalue weighted by atomic mass is 10.1. The number of rotatable bonds is 4.